The van der Waals surface area contributed by atoms with Crippen LogP contribution in [0.25, 0.3) is 22.2 Å². The number of aromatic nitrogens is 1. The summed E-state index contributed by atoms with van der Waals surface area (Å²) >= 11 is 0. The van der Waals surface area contributed by atoms with Gasteiger partial charge in [-0.25, -0.2) is 17.8 Å². The molecule has 248 valence electrons. The molecule has 0 radical (unpaired) electrons. The monoisotopic (exact) mass is 658 g/mol. The molecular weight excluding hydrogens is 615 g/mol. The highest BCUT2D eigenvalue weighted by Gasteiger charge is 2.31. The number of carbonyl (C=O) groups excluding carboxylic acids is 1. The molecule has 0 spiro atoms. The predicted molar refractivity (Wildman–Crippen MR) is 183 cm³/mol. The van der Waals surface area contributed by atoms with Crippen LogP contribution in [0, 0.1) is 0 Å². The lowest BCUT2D eigenvalue weighted by Gasteiger charge is -2.41. The summed E-state index contributed by atoms with van der Waals surface area (Å²) in [5.41, 5.74) is 4.29. The topological polar surface area (TPSA) is 103 Å². The number of β-amino-alcohol motifs (C(OH)–C–C–N with tert-alkyl or cyclic N) is 1. The SMILES string of the molecule is C[C@H](NC(=O)c1c(CN2CCC(N3CCC[C@H](O)C3)CC2)c(-c2cccc(CF)c2)nc2ccc(S(C)(=O)=O)cc12)c1ccccc1. The van der Waals surface area contributed by atoms with E-state index in [1.165, 1.54) is 6.07 Å². The number of pyridine rings is 1. The Hall–Kier alpha value is -3.70. The number of likely N-dealkylation sites (tertiary alicyclic amines) is 2. The first-order chi connectivity index (χ1) is 22.6. The number of alkyl halides is 1. The molecule has 2 N–H and O–H groups in total. The normalized spacial score (nSPS) is 19.1. The van der Waals surface area contributed by atoms with Crippen molar-refractivity contribution in [3.05, 3.63) is 95.1 Å². The van der Waals surface area contributed by atoms with Crippen molar-refractivity contribution in [1.82, 2.24) is 20.1 Å². The smallest absolute Gasteiger partial charge is 0.252 e. The lowest BCUT2D eigenvalue weighted by atomic mass is 9.93. The molecule has 2 aliphatic rings. The lowest BCUT2D eigenvalue weighted by molar-refractivity contribution is 0.0243. The Morgan fingerprint density at radius 3 is 2.49 bits per heavy atom. The number of nitrogens with zero attached hydrogens (tertiary/aromatic N) is 3. The van der Waals surface area contributed by atoms with Crippen LogP contribution in [0.3, 0.4) is 0 Å². The van der Waals surface area contributed by atoms with Crippen LogP contribution in [0.15, 0.2) is 77.7 Å². The molecule has 10 heteroatoms. The zero-order valence-electron chi connectivity index (χ0n) is 27.0. The zero-order valence-corrected chi connectivity index (χ0v) is 27.8. The van der Waals surface area contributed by atoms with Gasteiger partial charge < -0.3 is 10.4 Å². The number of sulfone groups is 1. The molecular formula is C37H43FN4O4S. The number of carbonyl (C=O) groups is 1. The molecule has 4 aromatic rings. The largest absolute Gasteiger partial charge is 0.392 e. The van der Waals surface area contributed by atoms with Crippen molar-refractivity contribution in [1.29, 1.82) is 0 Å². The molecule has 0 aliphatic carbocycles. The summed E-state index contributed by atoms with van der Waals surface area (Å²) in [4.78, 5) is 24.3. The number of aliphatic hydroxyl groups is 1. The van der Waals surface area contributed by atoms with Crippen LogP contribution in [0.4, 0.5) is 4.39 Å². The Kier molecular flexibility index (Phi) is 10.0. The summed E-state index contributed by atoms with van der Waals surface area (Å²) in [6, 6.07) is 21.6. The number of rotatable bonds is 9. The molecule has 47 heavy (non-hydrogen) atoms. The van der Waals surface area contributed by atoms with Crippen LogP contribution in [0.2, 0.25) is 0 Å². The molecule has 2 aliphatic heterocycles. The molecule has 2 saturated heterocycles. The maximum atomic E-state index is 14.5. The van der Waals surface area contributed by atoms with E-state index in [0.29, 0.717) is 58.0 Å². The van der Waals surface area contributed by atoms with E-state index in [4.69, 9.17) is 4.98 Å². The van der Waals surface area contributed by atoms with E-state index in [-0.39, 0.29) is 22.9 Å². The van der Waals surface area contributed by atoms with Crippen LogP contribution in [-0.2, 0) is 23.1 Å². The third-order valence-electron chi connectivity index (χ3n) is 9.60. The summed E-state index contributed by atoms with van der Waals surface area (Å²) in [6.07, 6.45) is 4.61. The number of amides is 1. The third kappa shape index (κ3) is 7.56. The fourth-order valence-electron chi connectivity index (χ4n) is 7.04. The van der Waals surface area contributed by atoms with E-state index in [0.717, 1.165) is 57.1 Å². The van der Waals surface area contributed by atoms with Gasteiger partial charge >= 0.3 is 0 Å². The predicted octanol–water partition coefficient (Wildman–Crippen LogP) is 5.69. The van der Waals surface area contributed by atoms with Gasteiger partial charge in [0.05, 0.1) is 33.8 Å². The molecule has 8 nitrogen and oxygen atoms in total. The molecule has 3 aromatic carbocycles. The number of halogens is 1. The molecule has 3 heterocycles. The van der Waals surface area contributed by atoms with E-state index in [1.54, 1.807) is 30.3 Å². The first-order valence-electron chi connectivity index (χ1n) is 16.4. The second kappa shape index (κ2) is 14.2. The fourth-order valence-corrected chi connectivity index (χ4v) is 7.69. The molecule has 2 fully saturated rings. The minimum atomic E-state index is -3.57. The van der Waals surface area contributed by atoms with E-state index in [1.807, 2.05) is 43.3 Å². The summed E-state index contributed by atoms with van der Waals surface area (Å²) in [6.45, 7) is 5.01. The first kappa shape index (κ1) is 33.2. The summed E-state index contributed by atoms with van der Waals surface area (Å²) in [5.74, 6) is -0.325. The van der Waals surface area contributed by atoms with Gasteiger partial charge in [-0.2, -0.15) is 0 Å². The van der Waals surface area contributed by atoms with Crippen molar-refractivity contribution in [2.75, 3.05) is 32.4 Å². The molecule has 1 aromatic heterocycles. The van der Waals surface area contributed by atoms with Crippen LogP contribution in [0.5, 0.6) is 0 Å². The third-order valence-corrected chi connectivity index (χ3v) is 10.7. The van der Waals surface area contributed by atoms with Gasteiger partial charge in [-0.3, -0.25) is 14.6 Å². The van der Waals surface area contributed by atoms with E-state index >= 15 is 0 Å². The summed E-state index contributed by atoms with van der Waals surface area (Å²) in [5, 5.41) is 13.9. The van der Waals surface area contributed by atoms with Crippen molar-refractivity contribution in [3.63, 3.8) is 0 Å². The fraction of sp³-hybridized carbons (Fsp3) is 0.405. The molecule has 0 saturated carbocycles. The average molecular weight is 659 g/mol. The van der Waals surface area contributed by atoms with Gasteiger partial charge in [0.2, 0.25) is 0 Å². The summed E-state index contributed by atoms with van der Waals surface area (Å²) < 4.78 is 39.2. The van der Waals surface area contributed by atoms with Crippen molar-refractivity contribution in [2.24, 2.45) is 0 Å². The maximum absolute atomic E-state index is 14.5. The number of benzene rings is 3. The molecule has 2 atom stereocenters. The highest BCUT2D eigenvalue weighted by Crippen LogP contribution is 2.35. The molecule has 0 bridgehead atoms. The Balaban J connectivity index is 1.45. The van der Waals surface area contributed by atoms with Gasteiger partial charge in [0.25, 0.3) is 5.91 Å². The van der Waals surface area contributed by atoms with Crippen LogP contribution in [0.1, 0.15) is 65.7 Å². The lowest BCUT2D eigenvalue weighted by Crippen LogP contribution is -2.49. The van der Waals surface area contributed by atoms with Gasteiger partial charge in [0, 0.05) is 41.9 Å². The number of hydrogen-bond acceptors (Lipinski definition) is 7. The first-order valence-corrected chi connectivity index (χ1v) is 18.3. The number of nitrogens with one attached hydrogen (secondary N) is 1. The maximum Gasteiger partial charge on any atom is 0.252 e. The minimum Gasteiger partial charge on any atom is -0.392 e. The van der Waals surface area contributed by atoms with Crippen molar-refractivity contribution >= 4 is 26.6 Å². The Morgan fingerprint density at radius 2 is 1.79 bits per heavy atom. The van der Waals surface area contributed by atoms with Crippen molar-refractivity contribution < 1.29 is 22.7 Å². The van der Waals surface area contributed by atoms with E-state index < -0.39 is 16.5 Å². The highest BCUT2D eigenvalue weighted by molar-refractivity contribution is 7.90. The van der Waals surface area contributed by atoms with E-state index in [2.05, 4.69) is 15.1 Å². The number of fused-ring (bicyclic) bond motifs is 1. The van der Waals surface area contributed by atoms with Crippen LogP contribution >= 0.6 is 0 Å². The minimum absolute atomic E-state index is 0.111. The van der Waals surface area contributed by atoms with Gasteiger partial charge in [-0.15, -0.1) is 0 Å². The Morgan fingerprint density at radius 1 is 1.02 bits per heavy atom. The highest BCUT2D eigenvalue weighted by atomic mass is 32.2. The Bertz CT molecular complexity index is 1840. The average Bonchev–Trinajstić information content (AvgIpc) is 3.08. The van der Waals surface area contributed by atoms with Gasteiger partial charge in [0.1, 0.15) is 6.67 Å². The van der Waals surface area contributed by atoms with Crippen LogP contribution in [-0.4, -0.2) is 78.8 Å². The Labute approximate surface area is 276 Å². The zero-order chi connectivity index (χ0) is 33.1. The molecule has 6 rings (SSSR count). The van der Waals surface area contributed by atoms with Crippen molar-refractivity contribution in [2.45, 2.75) is 68.9 Å². The number of aliphatic hydroxyl groups excluding tert-OH is 1. The van der Waals surface area contributed by atoms with Gasteiger partial charge in [0.15, 0.2) is 9.84 Å². The van der Waals surface area contributed by atoms with Gasteiger partial charge in [-0.1, -0.05) is 48.5 Å². The number of hydrogen-bond donors (Lipinski definition) is 2. The summed E-state index contributed by atoms with van der Waals surface area (Å²) in [7, 11) is -3.57. The molecule has 0 unspecified atom stereocenters. The van der Waals surface area contributed by atoms with Gasteiger partial charge in [-0.05, 0) is 87.6 Å². The van der Waals surface area contributed by atoms with Crippen molar-refractivity contribution in [3.8, 4) is 11.3 Å². The van der Waals surface area contributed by atoms with Crippen LogP contribution < -0.4 is 5.32 Å². The second-order valence-corrected chi connectivity index (χ2v) is 15.0. The standard InChI is InChI=1S/C37H43FN4O4S/c1-25(27-9-4-3-5-10-27)39-37(44)35-32-21-31(47(2,45)46)13-14-34(32)40-36(28-11-6-8-26(20-28)22-38)33(35)24-41-18-15-29(16-19-41)42-17-7-12-30(43)23-42/h3-6,8-11,13-14,20-21,25,29-30,43H,7,12,15-19,22-24H2,1-2H3,(H,39,44)/t25-,30-/m0/s1. The molecule has 1 amide bonds. The van der Waals surface area contributed by atoms with E-state index in [9.17, 15) is 22.7 Å². The number of piperidine rings is 2. The quantitative estimate of drug-likeness (QED) is 0.238. The second-order valence-electron chi connectivity index (χ2n) is 13.0.